The number of aryl methyl sites for hydroxylation is 1. The minimum absolute atomic E-state index is 0.257. The lowest BCUT2D eigenvalue weighted by Gasteiger charge is -2.05. The quantitative estimate of drug-likeness (QED) is 0.792. The number of hydrogen-bond donors (Lipinski definition) is 1. The Morgan fingerprint density at radius 2 is 2.07 bits per heavy atom. The average Bonchev–Trinajstić information content (AvgIpc) is 2.63. The number of benzene rings is 1. The van der Waals surface area contributed by atoms with E-state index < -0.39 is 0 Å². The number of aliphatic hydroxyl groups is 1. The number of para-hydroxylation sites is 1. The van der Waals surface area contributed by atoms with Crippen molar-refractivity contribution in [3.05, 3.63) is 35.5 Å². The molecule has 0 spiro atoms. The zero-order valence-electron chi connectivity index (χ0n) is 8.49. The molecule has 0 radical (unpaired) electrons. The van der Waals surface area contributed by atoms with Gasteiger partial charge >= 0.3 is 0 Å². The lowest BCUT2D eigenvalue weighted by molar-refractivity contribution is 0.281. The van der Waals surface area contributed by atoms with Gasteiger partial charge in [-0.3, -0.25) is 0 Å². The van der Waals surface area contributed by atoms with E-state index in [4.69, 9.17) is 16.7 Å². The molecule has 0 fully saturated rings. The lowest BCUT2D eigenvalue weighted by atomic mass is 10.2. The zero-order valence-corrected chi connectivity index (χ0v) is 9.24. The number of hydrogen-bond acceptors (Lipinski definition) is 1. The van der Waals surface area contributed by atoms with E-state index in [2.05, 4.69) is 16.7 Å². The number of aromatic nitrogens is 1. The van der Waals surface area contributed by atoms with Gasteiger partial charge in [0.1, 0.15) is 0 Å². The maximum absolute atomic E-state index is 8.73. The van der Waals surface area contributed by atoms with Crippen LogP contribution in [0, 0.1) is 0 Å². The summed E-state index contributed by atoms with van der Waals surface area (Å²) in [5, 5.41) is 10.7. The molecule has 1 heterocycles. The van der Waals surface area contributed by atoms with Crippen molar-refractivity contribution >= 4 is 22.5 Å². The molecule has 0 amide bonds. The van der Waals surface area contributed by atoms with Gasteiger partial charge in [0.15, 0.2) is 0 Å². The van der Waals surface area contributed by atoms with Crippen LogP contribution in [0.25, 0.3) is 10.9 Å². The van der Waals surface area contributed by atoms with Crippen LogP contribution in [0.5, 0.6) is 0 Å². The van der Waals surface area contributed by atoms with Gasteiger partial charge in [0.05, 0.1) is 10.5 Å². The molecule has 1 N–H and O–H groups in total. The van der Waals surface area contributed by atoms with E-state index in [1.807, 2.05) is 18.3 Å². The van der Waals surface area contributed by atoms with E-state index in [-0.39, 0.29) is 6.61 Å². The number of aliphatic hydroxyl groups excluding tert-OH is 1. The third kappa shape index (κ3) is 2.16. The maximum Gasteiger partial charge on any atom is 0.0669 e. The Labute approximate surface area is 94.1 Å². The fraction of sp³-hybridized carbons (Fsp3) is 0.333. The predicted octanol–water partition coefficient (Wildman–Crippen LogP) is 3.07. The molecule has 3 heteroatoms. The van der Waals surface area contributed by atoms with Crippen molar-refractivity contribution in [1.82, 2.24) is 4.57 Å². The smallest absolute Gasteiger partial charge is 0.0669 e. The molecule has 0 aliphatic heterocycles. The SMILES string of the molecule is OCCCCn1ccc2cccc(Cl)c21. The Kier molecular flexibility index (Phi) is 3.29. The molecule has 0 unspecified atom stereocenters. The van der Waals surface area contributed by atoms with Gasteiger partial charge in [0, 0.05) is 24.7 Å². The number of unbranched alkanes of at least 4 members (excludes halogenated alkanes) is 1. The number of rotatable bonds is 4. The summed E-state index contributed by atoms with van der Waals surface area (Å²) in [7, 11) is 0. The second-order valence-electron chi connectivity index (χ2n) is 3.62. The molecule has 2 rings (SSSR count). The summed E-state index contributed by atoms with van der Waals surface area (Å²) in [6, 6.07) is 8.00. The summed E-state index contributed by atoms with van der Waals surface area (Å²) in [6.07, 6.45) is 3.86. The van der Waals surface area contributed by atoms with Gasteiger partial charge in [-0.1, -0.05) is 23.7 Å². The largest absolute Gasteiger partial charge is 0.396 e. The summed E-state index contributed by atoms with van der Waals surface area (Å²) in [5.41, 5.74) is 1.09. The Hall–Kier alpha value is -0.990. The van der Waals surface area contributed by atoms with Crippen molar-refractivity contribution in [3.8, 4) is 0 Å². The van der Waals surface area contributed by atoms with Crippen LogP contribution in [0.15, 0.2) is 30.5 Å². The number of nitrogens with zero attached hydrogens (tertiary/aromatic N) is 1. The molecular formula is C12H14ClNO. The van der Waals surface area contributed by atoms with Crippen molar-refractivity contribution in [3.63, 3.8) is 0 Å². The number of fused-ring (bicyclic) bond motifs is 1. The summed E-state index contributed by atoms with van der Waals surface area (Å²) in [6.45, 7) is 1.17. The molecule has 80 valence electrons. The van der Waals surface area contributed by atoms with E-state index in [9.17, 15) is 0 Å². The average molecular weight is 224 g/mol. The van der Waals surface area contributed by atoms with Crippen LogP contribution in [0.3, 0.4) is 0 Å². The van der Waals surface area contributed by atoms with E-state index in [1.165, 1.54) is 5.39 Å². The summed E-state index contributed by atoms with van der Waals surface area (Å²) < 4.78 is 2.15. The first-order valence-electron chi connectivity index (χ1n) is 5.17. The minimum atomic E-state index is 0.257. The molecule has 2 aromatic rings. The van der Waals surface area contributed by atoms with Gasteiger partial charge < -0.3 is 9.67 Å². The molecule has 0 saturated heterocycles. The normalized spacial score (nSPS) is 11.1. The third-order valence-electron chi connectivity index (χ3n) is 2.55. The fourth-order valence-corrected chi connectivity index (χ4v) is 2.09. The molecule has 0 saturated carbocycles. The Balaban J connectivity index is 2.27. The molecule has 1 aromatic heterocycles. The van der Waals surface area contributed by atoms with Crippen molar-refractivity contribution in [1.29, 1.82) is 0 Å². The van der Waals surface area contributed by atoms with E-state index in [0.29, 0.717) is 0 Å². The minimum Gasteiger partial charge on any atom is -0.396 e. The Bertz CT molecular complexity index is 450. The Morgan fingerprint density at radius 1 is 1.20 bits per heavy atom. The third-order valence-corrected chi connectivity index (χ3v) is 2.85. The van der Waals surface area contributed by atoms with Crippen LogP contribution in [0.2, 0.25) is 5.02 Å². The summed E-state index contributed by atoms with van der Waals surface area (Å²) >= 11 is 6.15. The molecule has 1 aromatic carbocycles. The van der Waals surface area contributed by atoms with Gasteiger partial charge in [-0.2, -0.15) is 0 Å². The van der Waals surface area contributed by atoms with Crippen molar-refractivity contribution < 1.29 is 5.11 Å². The van der Waals surface area contributed by atoms with Crippen LogP contribution < -0.4 is 0 Å². The van der Waals surface area contributed by atoms with Crippen LogP contribution in [0.4, 0.5) is 0 Å². The predicted molar refractivity (Wildman–Crippen MR) is 63.3 cm³/mol. The molecule has 0 atom stereocenters. The van der Waals surface area contributed by atoms with E-state index >= 15 is 0 Å². The monoisotopic (exact) mass is 223 g/mol. The lowest BCUT2D eigenvalue weighted by Crippen LogP contribution is -1.97. The standard InChI is InChI=1S/C12H14ClNO/c13-11-5-3-4-10-6-8-14(12(10)11)7-1-2-9-15/h3-6,8,15H,1-2,7,9H2. The maximum atomic E-state index is 8.73. The van der Waals surface area contributed by atoms with Gasteiger partial charge in [0.2, 0.25) is 0 Å². The van der Waals surface area contributed by atoms with Gasteiger partial charge in [-0.15, -0.1) is 0 Å². The number of halogens is 1. The van der Waals surface area contributed by atoms with Crippen molar-refractivity contribution in [2.24, 2.45) is 0 Å². The van der Waals surface area contributed by atoms with E-state index in [1.54, 1.807) is 0 Å². The highest BCUT2D eigenvalue weighted by molar-refractivity contribution is 6.35. The zero-order chi connectivity index (χ0) is 10.7. The Morgan fingerprint density at radius 3 is 2.87 bits per heavy atom. The molecule has 2 nitrogen and oxygen atoms in total. The topological polar surface area (TPSA) is 25.2 Å². The van der Waals surface area contributed by atoms with Gasteiger partial charge in [0.25, 0.3) is 0 Å². The highest BCUT2D eigenvalue weighted by atomic mass is 35.5. The van der Waals surface area contributed by atoms with Crippen LogP contribution >= 0.6 is 11.6 Å². The molecule has 0 aliphatic carbocycles. The second-order valence-corrected chi connectivity index (χ2v) is 4.02. The first kappa shape index (κ1) is 10.5. The molecule has 0 bridgehead atoms. The summed E-state index contributed by atoms with van der Waals surface area (Å²) in [5.74, 6) is 0. The molecule has 15 heavy (non-hydrogen) atoms. The first-order valence-corrected chi connectivity index (χ1v) is 5.55. The highest BCUT2D eigenvalue weighted by Crippen LogP contribution is 2.24. The van der Waals surface area contributed by atoms with Gasteiger partial charge in [-0.05, 0) is 25.0 Å². The van der Waals surface area contributed by atoms with Gasteiger partial charge in [-0.25, -0.2) is 0 Å². The second kappa shape index (κ2) is 4.69. The summed E-state index contributed by atoms with van der Waals surface area (Å²) in [4.78, 5) is 0. The first-order chi connectivity index (χ1) is 7.33. The van der Waals surface area contributed by atoms with Crippen molar-refractivity contribution in [2.45, 2.75) is 19.4 Å². The molecule has 0 aliphatic rings. The highest BCUT2D eigenvalue weighted by Gasteiger charge is 2.03. The van der Waals surface area contributed by atoms with Crippen LogP contribution in [-0.4, -0.2) is 16.3 Å². The van der Waals surface area contributed by atoms with Crippen LogP contribution in [-0.2, 0) is 6.54 Å². The van der Waals surface area contributed by atoms with E-state index in [0.717, 1.165) is 29.9 Å². The fourth-order valence-electron chi connectivity index (χ4n) is 1.79. The molecular weight excluding hydrogens is 210 g/mol. The van der Waals surface area contributed by atoms with Crippen molar-refractivity contribution in [2.75, 3.05) is 6.61 Å². The van der Waals surface area contributed by atoms with Crippen LogP contribution in [0.1, 0.15) is 12.8 Å².